The van der Waals surface area contributed by atoms with E-state index in [4.69, 9.17) is 16.3 Å². The van der Waals surface area contributed by atoms with E-state index in [0.717, 1.165) is 44.3 Å². The standard InChI is InChI=1S/C20H24ClNO2/c21-18-7-5-17(6-8-18)20(9-11-24-12-10-20)19(23)22-13-15-3-1-2-4-16(15)14-22/h1-2,5-8,15-16H,3-4,9-14H2/t15-,16+. The number of halogens is 1. The van der Waals surface area contributed by atoms with Gasteiger partial charge in [-0.1, -0.05) is 35.9 Å². The van der Waals surface area contributed by atoms with Crippen molar-refractivity contribution in [3.63, 3.8) is 0 Å². The highest BCUT2D eigenvalue weighted by Crippen LogP contribution is 2.41. The third kappa shape index (κ3) is 2.78. The molecule has 1 amide bonds. The van der Waals surface area contributed by atoms with Crippen LogP contribution in [0.25, 0.3) is 0 Å². The number of ether oxygens (including phenoxy) is 1. The van der Waals surface area contributed by atoms with Gasteiger partial charge in [0.15, 0.2) is 0 Å². The molecule has 128 valence electrons. The lowest BCUT2D eigenvalue weighted by Crippen LogP contribution is -2.49. The van der Waals surface area contributed by atoms with Crippen molar-refractivity contribution in [2.45, 2.75) is 31.1 Å². The fourth-order valence-corrected chi connectivity index (χ4v) is 4.72. The number of allylic oxidation sites excluding steroid dienone is 2. The van der Waals surface area contributed by atoms with Crippen molar-refractivity contribution in [2.24, 2.45) is 11.8 Å². The van der Waals surface area contributed by atoms with E-state index in [9.17, 15) is 4.79 Å². The number of nitrogens with zero attached hydrogens (tertiary/aromatic N) is 1. The van der Waals surface area contributed by atoms with E-state index in [1.807, 2.05) is 24.3 Å². The highest BCUT2D eigenvalue weighted by Gasteiger charge is 2.47. The van der Waals surface area contributed by atoms with Gasteiger partial charge in [0.25, 0.3) is 0 Å². The van der Waals surface area contributed by atoms with Gasteiger partial charge in [-0.2, -0.15) is 0 Å². The van der Waals surface area contributed by atoms with Crippen LogP contribution in [0.2, 0.25) is 5.02 Å². The summed E-state index contributed by atoms with van der Waals surface area (Å²) in [5, 5.41) is 0.715. The fourth-order valence-electron chi connectivity index (χ4n) is 4.60. The molecule has 1 aliphatic carbocycles. The summed E-state index contributed by atoms with van der Waals surface area (Å²) in [4.78, 5) is 15.7. The van der Waals surface area contributed by atoms with E-state index >= 15 is 0 Å². The molecule has 0 N–H and O–H groups in total. The van der Waals surface area contributed by atoms with Crippen LogP contribution in [0.5, 0.6) is 0 Å². The van der Waals surface area contributed by atoms with E-state index in [2.05, 4.69) is 17.1 Å². The molecular weight excluding hydrogens is 322 g/mol. The topological polar surface area (TPSA) is 29.5 Å². The molecule has 3 nitrogen and oxygen atoms in total. The molecule has 0 unspecified atom stereocenters. The largest absolute Gasteiger partial charge is 0.381 e. The molecule has 0 radical (unpaired) electrons. The fraction of sp³-hybridized carbons (Fsp3) is 0.550. The van der Waals surface area contributed by atoms with Gasteiger partial charge >= 0.3 is 0 Å². The molecule has 0 aromatic heterocycles. The van der Waals surface area contributed by atoms with Crippen LogP contribution in [0.1, 0.15) is 31.2 Å². The van der Waals surface area contributed by atoms with E-state index in [1.54, 1.807) is 0 Å². The highest BCUT2D eigenvalue weighted by molar-refractivity contribution is 6.30. The second-order valence-electron chi connectivity index (χ2n) is 7.37. The molecule has 0 spiro atoms. The first-order valence-electron chi connectivity index (χ1n) is 8.97. The third-order valence-electron chi connectivity index (χ3n) is 6.06. The minimum Gasteiger partial charge on any atom is -0.381 e. The molecule has 2 saturated heterocycles. The zero-order valence-electron chi connectivity index (χ0n) is 13.9. The molecule has 0 bridgehead atoms. The number of amides is 1. The van der Waals surface area contributed by atoms with Crippen molar-refractivity contribution in [1.82, 2.24) is 4.90 Å². The van der Waals surface area contributed by atoms with Crippen LogP contribution in [0.15, 0.2) is 36.4 Å². The van der Waals surface area contributed by atoms with Gasteiger partial charge in [-0.15, -0.1) is 0 Å². The summed E-state index contributed by atoms with van der Waals surface area (Å²) in [7, 11) is 0. The Morgan fingerprint density at radius 3 is 2.21 bits per heavy atom. The summed E-state index contributed by atoms with van der Waals surface area (Å²) < 4.78 is 5.57. The minimum atomic E-state index is -0.441. The Morgan fingerprint density at radius 1 is 1.04 bits per heavy atom. The third-order valence-corrected chi connectivity index (χ3v) is 6.31. The minimum absolute atomic E-state index is 0.294. The average molecular weight is 346 g/mol. The molecule has 2 heterocycles. The van der Waals surface area contributed by atoms with Crippen molar-refractivity contribution in [2.75, 3.05) is 26.3 Å². The average Bonchev–Trinajstić information content (AvgIpc) is 3.06. The number of fused-ring (bicyclic) bond motifs is 1. The second kappa shape index (κ2) is 6.53. The molecular formula is C20H24ClNO2. The maximum absolute atomic E-state index is 13.6. The summed E-state index contributed by atoms with van der Waals surface area (Å²) in [6, 6.07) is 7.84. The van der Waals surface area contributed by atoms with Gasteiger partial charge in [0.2, 0.25) is 5.91 Å². The lowest BCUT2D eigenvalue weighted by molar-refractivity contribution is -0.140. The molecule has 1 aromatic rings. The first-order chi connectivity index (χ1) is 11.7. The molecule has 3 aliphatic rings. The Balaban J connectivity index is 1.62. The second-order valence-corrected chi connectivity index (χ2v) is 7.81. The Morgan fingerprint density at radius 2 is 1.62 bits per heavy atom. The van der Waals surface area contributed by atoms with E-state index < -0.39 is 5.41 Å². The molecule has 2 atom stereocenters. The van der Waals surface area contributed by atoms with E-state index in [1.165, 1.54) is 0 Å². The van der Waals surface area contributed by atoms with Crippen molar-refractivity contribution in [3.8, 4) is 0 Å². The number of rotatable bonds is 2. The summed E-state index contributed by atoms with van der Waals surface area (Å²) >= 11 is 6.06. The summed E-state index contributed by atoms with van der Waals surface area (Å²) in [5.41, 5.74) is 0.650. The van der Waals surface area contributed by atoms with Crippen LogP contribution in [-0.4, -0.2) is 37.1 Å². The quantitative estimate of drug-likeness (QED) is 0.763. The maximum atomic E-state index is 13.6. The van der Waals surface area contributed by atoms with E-state index in [0.29, 0.717) is 36.0 Å². The van der Waals surface area contributed by atoms with Gasteiger partial charge in [-0.3, -0.25) is 4.79 Å². The summed E-state index contributed by atoms with van der Waals surface area (Å²) in [6.45, 7) is 3.11. The number of likely N-dealkylation sites (tertiary alicyclic amines) is 1. The summed E-state index contributed by atoms with van der Waals surface area (Å²) in [6.07, 6.45) is 8.31. The molecule has 24 heavy (non-hydrogen) atoms. The van der Waals surface area contributed by atoms with Gasteiger partial charge in [-0.25, -0.2) is 0 Å². The van der Waals surface area contributed by atoms with Gasteiger partial charge < -0.3 is 9.64 Å². The maximum Gasteiger partial charge on any atom is 0.233 e. The van der Waals surface area contributed by atoms with Gasteiger partial charge in [0.1, 0.15) is 0 Å². The zero-order valence-corrected chi connectivity index (χ0v) is 14.7. The molecule has 2 aliphatic heterocycles. The predicted octanol–water partition coefficient (Wildman–Crippen LogP) is 3.81. The summed E-state index contributed by atoms with van der Waals surface area (Å²) in [5.74, 6) is 1.57. The van der Waals surface area contributed by atoms with Crippen molar-refractivity contribution < 1.29 is 9.53 Å². The predicted molar refractivity (Wildman–Crippen MR) is 95.1 cm³/mol. The van der Waals surface area contributed by atoms with Crippen LogP contribution < -0.4 is 0 Å². The van der Waals surface area contributed by atoms with E-state index in [-0.39, 0.29) is 0 Å². The Hall–Kier alpha value is -1.32. The first-order valence-corrected chi connectivity index (χ1v) is 9.35. The molecule has 4 rings (SSSR count). The van der Waals surface area contributed by atoms with Crippen molar-refractivity contribution in [3.05, 3.63) is 47.0 Å². The molecule has 0 saturated carbocycles. The first kappa shape index (κ1) is 16.2. The number of benzene rings is 1. The number of carbonyl (C=O) groups is 1. The monoisotopic (exact) mass is 345 g/mol. The molecule has 4 heteroatoms. The highest BCUT2D eigenvalue weighted by atomic mass is 35.5. The Kier molecular flexibility index (Phi) is 4.40. The SMILES string of the molecule is O=C(N1C[C@H]2CC=CC[C@H]2C1)C1(c2ccc(Cl)cc2)CCOCC1. The van der Waals surface area contributed by atoms with Crippen LogP contribution in [0.4, 0.5) is 0 Å². The Labute approximate surface area is 148 Å². The number of hydrogen-bond donors (Lipinski definition) is 0. The lowest BCUT2D eigenvalue weighted by atomic mass is 9.73. The molecule has 2 fully saturated rings. The number of hydrogen-bond acceptors (Lipinski definition) is 2. The zero-order chi connectivity index (χ0) is 16.6. The smallest absolute Gasteiger partial charge is 0.233 e. The van der Waals surface area contributed by atoms with Gasteiger partial charge in [-0.05, 0) is 55.2 Å². The Bertz CT molecular complexity index is 618. The normalized spacial score (nSPS) is 28.6. The number of carbonyl (C=O) groups excluding carboxylic acids is 1. The van der Waals surface area contributed by atoms with Gasteiger partial charge in [0, 0.05) is 31.3 Å². The van der Waals surface area contributed by atoms with Gasteiger partial charge in [0.05, 0.1) is 5.41 Å². The van der Waals surface area contributed by atoms with Crippen LogP contribution in [-0.2, 0) is 14.9 Å². The van der Waals surface area contributed by atoms with Crippen molar-refractivity contribution in [1.29, 1.82) is 0 Å². The lowest BCUT2D eigenvalue weighted by Gasteiger charge is -2.39. The molecule has 1 aromatic carbocycles. The van der Waals surface area contributed by atoms with Crippen LogP contribution in [0, 0.1) is 11.8 Å². The van der Waals surface area contributed by atoms with Crippen LogP contribution >= 0.6 is 11.6 Å². The van der Waals surface area contributed by atoms with Crippen molar-refractivity contribution >= 4 is 17.5 Å². The van der Waals surface area contributed by atoms with Crippen LogP contribution in [0.3, 0.4) is 0 Å².